The van der Waals surface area contributed by atoms with Gasteiger partial charge in [0.05, 0.1) is 7.11 Å². The standard InChI is InChI=1S/C9H12FNO/c1-5-4-7(11)6(2)9(12-3)8(5)10/h4H,11H2,1-3H3. The van der Waals surface area contributed by atoms with Crippen LogP contribution in [0, 0.1) is 19.7 Å². The van der Waals surface area contributed by atoms with Crippen molar-refractivity contribution in [3.8, 4) is 5.75 Å². The Balaban J connectivity index is 3.42. The number of ether oxygens (including phenoxy) is 1. The quantitative estimate of drug-likeness (QED) is 0.653. The number of anilines is 1. The number of hydrogen-bond donors (Lipinski definition) is 1. The minimum absolute atomic E-state index is 0.243. The summed E-state index contributed by atoms with van der Waals surface area (Å²) < 4.78 is 18.1. The highest BCUT2D eigenvalue weighted by atomic mass is 19.1. The topological polar surface area (TPSA) is 35.2 Å². The molecule has 66 valence electrons. The van der Waals surface area contributed by atoms with Crippen LogP contribution in [0.3, 0.4) is 0 Å². The van der Waals surface area contributed by atoms with Crippen LogP contribution in [0.2, 0.25) is 0 Å². The van der Waals surface area contributed by atoms with Gasteiger partial charge in [-0.05, 0) is 25.5 Å². The first-order chi connectivity index (χ1) is 5.57. The molecule has 2 N–H and O–H groups in total. The Kier molecular flexibility index (Phi) is 2.22. The van der Waals surface area contributed by atoms with Gasteiger partial charge in [-0.2, -0.15) is 0 Å². The first kappa shape index (κ1) is 8.84. The SMILES string of the molecule is COc1c(C)c(N)cc(C)c1F. The van der Waals surface area contributed by atoms with Crippen LogP contribution in [0.25, 0.3) is 0 Å². The van der Waals surface area contributed by atoms with Crippen molar-refractivity contribution in [2.45, 2.75) is 13.8 Å². The van der Waals surface area contributed by atoms with Crippen LogP contribution in [0.4, 0.5) is 10.1 Å². The maximum atomic E-state index is 13.3. The van der Waals surface area contributed by atoms with Crippen LogP contribution >= 0.6 is 0 Å². The van der Waals surface area contributed by atoms with Gasteiger partial charge in [-0.3, -0.25) is 0 Å². The van der Waals surface area contributed by atoms with Gasteiger partial charge in [-0.1, -0.05) is 0 Å². The summed E-state index contributed by atoms with van der Waals surface area (Å²) in [6.45, 7) is 3.39. The first-order valence-electron chi connectivity index (χ1n) is 3.67. The lowest BCUT2D eigenvalue weighted by molar-refractivity contribution is 0.382. The number of benzene rings is 1. The van der Waals surface area contributed by atoms with E-state index in [4.69, 9.17) is 10.5 Å². The first-order valence-corrected chi connectivity index (χ1v) is 3.67. The molecule has 0 amide bonds. The predicted octanol–water partition coefficient (Wildman–Crippen LogP) is 2.03. The van der Waals surface area contributed by atoms with Crippen molar-refractivity contribution in [1.82, 2.24) is 0 Å². The molecule has 0 heterocycles. The van der Waals surface area contributed by atoms with Crippen LogP contribution in [0.5, 0.6) is 5.75 Å². The summed E-state index contributed by atoms with van der Waals surface area (Å²) in [7, 11) is 1.43. The summed E-state index contributed by atoms with van der Waals surface area (Å²) in [6, 6.07) is 1.60. The minimum Gasteiger partial charge on any atom is -0.493 e. The molecule has 2 nitrogen and oxygen atoms in total. The van der Waals surface area contributed by atoms with E-state index in [-0.39, 0.29) is 11.6 Å². The van der Waals surface area contributed by atoms with E-state index in [9.17, 15) is 4.39 Å². The number of nitrogen functional groups attached to an aromatic ring is 1. The molecule has 0 aliphatic carbocycles. The molecule has 0 radical (unpaired) electrons. The minimum atomic E-state index is -0.329. The molecule has 3 heteroatoms. The van der Waals surface area contributed by atoms with E-state index in [1.54, 1.807) is 19.9 Å². The van der Waals surface area contributed by atoms with Crippen molar-refractivity contribution in [3.05, 3.63) is 23.0 Å². The number of methoxy groups -OCH3 is 1. The summed E-state index contributed by atoms with van der Waals surface area (Å²) in [5.74, 6) is -0.0864. The highest BCUT2D eigenvalue weighted by Crippen LogP contribution is 2.29. The molecule has 0 aliphatic heterocycles. The zero-order valence-corrected chi connectivity index (χ0v) is 7.44. The third kappa shape index (κ3) is 1.22. The Morgan fingerprint density at radius 2 is 2.00 bits per heavy atom. The maximum absolute atomic E-state index is 13.3. The predicted molar refractivity (Wildman–Crippen MR) is 46.8 cm³/mol. The zero-order valence-electron chi connectivity index (χ0n) is 7.44. The number of rotatable bonds is 1. The maximum Gasteiger partial charge on any atom is 0.168 e. The molecule has 0 unspecified atom stereocenters. The van der Waals surface area contributed by atoms with Crippen molar-refractivity contribution in [1.29, 1.82) is 0 Å². The third-order valence-electron chi connectivity index (χ3n) is 1.90. The van der Waals surface area contributed by atoms with Crippen molar-refractivity contribution in [3.63, 3.8) is 0 Å². The molecular formula is C9H12FNO. The smallest absolute Gasteiger partial charge is 0.168 e. The molecule has 0 atom stereocenters. The molecule has 1 aromatic rings. The summed E-state index contributed by atoms with van der Waals surface area (Å²) in [6.07, 6.45) is 0. The number of halogens is 1. The fourth-order valence-electron chi connectivity index (χ4n) is 1.12. The largest absolute Gasteiger partial charge is 0.493 e. The van der Waals surface area contributed by atoms with E-state index in [1.165, 1.54) is 7.11 Å². The van der Waals surface area contributed by atoms with Gasteiger partial charge in [0.25, 0.3) is 0 Å². The van der Waals surface area contributed by atoms with Crippen LogP contribution in [0.15, 0.2) is 6.07 Å². The van der Waals surface area contributed by atoms with Crippen molar-refractivity contribution >= 4 is 5.69 Å². The molecule has 0 saturated heterocycles. The molecule has 0 saturated carbocycles. The lowest BCUT2D eigenvalue weighted by atomic mass is 10.1. The summed E-state index contributed by atoms with van der Waals surface area (Å²) in [5, 5.41) is 0. The summed E-state index contributed by atoms with van der Waals surface area (Å²) in [4.78, 5) is 0. The lowest BCUT2D eigenvalue weighted by Gasteiger charge is -2.10. The van der Waals surface area contributed by atoms with Crippen molar-refractivity contribution in [2.24, 2.45) is 0 Å². The number of hydrogen-bond acceptors (Lipinski definition) is 2. The summed E-state index contributed by atoms with van der Waals surface area (Å²) >= 11 is 0. The Morgan fingerprint density at radius 1 is 1.42 bits per heavy atom. The molecule has 0 aliphatic rings. The van der Waals surface area contributed by atoms with Crippen molar-refractivity contribution < 1.29 is 9.13 Å². The van der Waals surface area contributed by atoms with E-state index in [1.807, 2.05) is 0 Å². The Labute approximate surface area is 71.1 Å². The van der Waals surface area contributed by atoms with E-state index < -0.39 is 0 Å². The van der Waals surface area contributed by atoms with Gasteiger partial charge in [0.15, 0.2) is 11.6 Å². The van der Waals surface area contributed by atoms with E-state index >= 15 is 0 Å². The zero-order chi connectivity index (χ0) is 9.30. The molecule has 0 spiro atoms. The Bertz CT molecular complexity index is 284. The Hall–Kier alpha value is -1.25. The highest BCUT2D eigenvalue weighted by Gasteiger charge is 2.11. The van der Waals surface area contributed by atoms with Crippen molar-refractivity contribution in [2.75, 3.05) is 12.8 Å². The second kappa shape index (κ2) is 3.01. The molecule has 1 aromatic carbocycles. The molecule has 1 rings (SSSR count). The molecule has 0 fully saturated rings. The average Bonchev–Trinajstić information content (AvgIpc) is 2.02. The normalized spacial score (nSPS) is 10.0. The second-order valence-corrected chi connectivity index (χ2v) is 2.75. The fraction of sp³-hybridized carbons (Fsp3) is 0.333. The van der Waals surface area contributed by atoms with Gasteiger partial charge >= 0.3 is 0 Å². The molecular weight excluding hydrogens is 157 g/mol. The average molecular weight is 169 g/mol. The highest BCUT2D eigenvalue weighted by molar-refractivity contribution is 5.56. The van der Waals surface area contributed by atoms with Gasteiger partial charge in [0.2, 0.25) is 0 Å². The van der Waals surface area contributed by atoms with Crippen LogP contribution in [-0.2, 0) is 0 Å². The van der Waals surface area contributed by atoms with E-state index in [0.29, 0.717) is 16.8 Å². The fourth-order valence-corrected chi connectivity index (χ4v) is 1.12. The van der Waals surface area contributed by atoms with Gasteiger partial charge in [-0.25, -0.2) is 4.39 Å². The van der Waals surface area contributed by atoms with Gasteiger partial charge in [0, 0.05) is 11.3 Å². The lowest BCUT2D eigenvalue weighted by Crippen LogP contribution is -1.99. The molecule has 12 heavy (non-hydrogen) atoms. The van der Waals surface area contributed by atoms with Gasteiger partial charge in [0.1, 0.15) is 0 Å². The summed E-state index contributed by atoms with van der Waals surface area (Å²) in [5.41, 5.74) is 7.34. The van der Waals surface area contributed by atoms with Crippen LogP contribution in [-0.4, -0.2) is 7.11 Å². The van der Waals surface area contributed by atoms with E-state index in [0.717, 1.165) is 0 Å². The van der Waals surface area contributed by atoms with Gasteiger partial charge in [-0.15, -0.1) is 0 Å². The number of nitrogens with two attached hydrogens (primary N) is 1. The second-order valence-electron chi connectivity index (χ2n) is 2.75. The molecule has 0 bridgehead atoms. The van der Waals surface area contributed by atoms with Crippen LogP contribution < -0.4 is 10.5 Å². The Morgan fingerprint density at radius 3 is 2.50 bits per heavy atom. The van der Waals surface area contributed by atoms with E-state index in [2.05, 4.69) is 0 Å². The molecule has 0 aromatic heterocycles. The van der Waals surface area contributed by atoms with Crippen LogP contribution in [0.1, 0.15) is 11.1 Å². The number of aryl methyl sites for hydroxylation is 1. The monoisotopic (exact) mass is 169 g/mol. The van der Waals surface area contributed by atoms with Gasteiger partial charge < -0.3 is 10.5 Å². The third-order valence-corrected chi connectivity index (χ3v) is 1.90.